The van der Waals surface area contributed by atoms with Crippen molar-refractivity contribution in [1.29, 1.82) is 0 Å². The van der Waals surface area contributed by atoms with Gasteiger partial charge in [0.2, 0.25) is 0 Å². The summed E-state index contributed by atoms with van der Waals surface area (Å²) in [7, 11) is 0. The van der Waals surface area contributed by atoms with Gasteiger partial charge in [-0.05, 0) is 54.1 Å². The summed E-state index contributed by atoms with van der Waals surface area (Å²) in [6.07, 6.45) is 3.59. The molecule has 2 heterocycles. The molecule has 4 nitrogen and oxygen atoms in total. The molecule has 1 aliphatic rings. The van der Waals surface area contributed by atoms with Crippen molar-refractivity contribution in [2.75, 3.05) is 4.90 Å². The van der Waals surface area contributed by atoms with E-state index in [-0.39, 0.29) is 11.7 Å². The number of thiocarbonyl (C=S) groups is 1. The van der Waals surface area contributed by atoms with E-state index in [1.54, 1.807) is 18.3 Å². The molecular weight excluding hydrogens is 352 g/mol. The van der Waals surface area contributed by atoms with Gasteiger partial charge in [0, 0.05) is 11.6 Å². The van der Waals surface area contributed by atoms with Gasteiger partial charge in [0.05, 0.1) is 16.1 Å². The topological polar surface area (TPSA) is 53.4 Å². The van der Waals surface area contributed by atoms with Crippen LogP contribution in [0.25, 0.3) is 17.0 Å². The van der Waals surface area contributed by atoms with Crippen molar-refractivity contribution in [3.63, 3.8) is 0 Å². The maximum absolute atomic E-state index is 12.7. The number of pyridine rings is 1. The van der Waals surface area contributed by atoms with Gasteiger partial charge in [0.25, 0.3) is 5.91 Å². The summed E-state index contributed by atoms with van der Waals surface area (Å²) in [5, 5.41) is 10.4. The van der Waals surface area contributed by atoms with E-state index in [2.05, 4.69) is 4.98 Å². The molecule has 1 amide bonds. The second-order valence-corrected chi connectivity index (χ2v) is 7.16. The quantitative estimate of drug-likeness (QED) is 0.541. The fraction of sp³-hybridized carbons (Fsp3) is 0. The zero-order valence-electron chi connectivity index (χ0n) is 12.9. The van der Waals surface area contributed by atoms with Gasteiger partial charge in [-0.2, -0.15) is 0 Å². The van der Waals surface area contributed by atoms with Crippen molar-refractivity contribution in [2.24, 2.45) is 0 Å². The minimum Gasteiger partial charge on any atom is -0.508 e. The van der Waals surface area contributed by atoms with Gasteiger partial charge in [0.15, 0.2) is 4.32 Å². The number of nitrogens with zero attached hydrogens (tertiary/aromatic N) is 2. The first-order valence-electron chi connectivity index (χ1n) is 7.53. The zero-order chi connectivity index (χ0) is 17.4. The maximum atomic E-state index is 12.7. The van der Waals surface area contributed by atoms with Crippen LogP contribution in [0.1, 0.15) is 5.56 Å². The molecule has 122 valence electrons. The van der Waals surface area contributed by atoms with Crippen LogP contribution in [0.2, 0.25) is 0 Å². The highest BCUT2D eigenvalue weighted by Crippen LogP contribution is 2.36. The first-order valence-corrected chi connectivity index (χ1v) is 8.76. The largest absolute Gasteiger partial charge is 0.508 e. The third-order valence-corrected chi connectivity index (χ3v) is 5.13. The van der Waals surface area contributed by atoms with Crippen molar-refractivity contribution in [3.8, 4) is 5.75 Å². The molecule has 1 fully saturated rings. The number of carbonyl (C=O) groups is 1. The Morgan fingerprint density at radius 1 is 1.12 bits per heavy atom. The minimum atomic E-state index is -0.160. The molecule has 0 aliphatic carbocycles. The fourth-order valence-electron chi connectivity index (χ4n) is 2.63. The van der Waals surface area contributed by atoms with E-state index in [1.165, 1.54) is 28.8 Å². The number of amides is 1. The predicted octanol–water partition coefficient (Wildman–Crippen LogP) is 4.35. The second kappa shape index (κ2) is 6.31. The van der Waals surface area contributed by atoms with Crippen LogP contribution in [0.3, 0.4) is 0 Å². The van der Waals surface area contributed by atoms with Crippen LogP contribution in [-0.2, 0) is 4.79 Å². The highest BCUT2D eigenvalue weighted by molar-refractivity contribution is 8.27. The number of thioether (sulfide) groups is 1. The molecule has 2 aromatic carbocycles. The third kappa shape index (κ3) is 3.01. The smallest absolute Gasteiger partial charge is 0.270 e. The normalized spacial score (nSPS) is 16.2. The molecular formula is C19H12N2O2S2. The van der Waals surface area contributed by atoms with Crippen molar-refractivity contribution < 1.29 is 9.90 Å². The number of aromatic hydroxyl groups is 1. The summed E-state index contributed by atoms with van der Waals surface area (Å²) in [6, 6.07) is 16.1. The Balaban J connectivity index is 1.68. The van der Waals surface area contributed by atoms with Crippen LogP contribution in [0.15, 0.2) is 65.7 Å². The second-order valence-electron chi connectivity index (χ2n) is 5.49. The van der Waals surface area contributed by atoms with E-state index < -0.39 is 0 Å². The number of carbonyl (C=O) groups excluding carboxylic acids is 1. The highest BCUT2D eigenvalue weighted by Gasteiger charge is 2.33. The molecule has 0 saturated carbocycles. The van der Waals surface area contributed by atoms with Gasteiger partial charge in [-0.15, -0.1) is 0 Å². The number of phenols is 1. The summed E-state index contributed by atoms with van der Waals surface area (Å²) < 4.78 is 0.476. The maximum Gasteiger partial charge on any atom is 0.270 e. The van der Waals surface area contributed by atoms with Crippen molar-refractivity contribution >= 4 is 56.9 Å². The lowest BCUT2D eigenvalue weighted by Gasteiger charge is -2.14. The number of hydrogen-bond acceptors (Lipinski definition) is 5. The van der Waals surface area contributed by atoms with Crippen LogP contribution in [0.4, 0.5) is 5.69 Å². The lowest BCUT2D eigenvalue weighted by Crippen LogP contribution is -2.27. The molecule has 1 aromatic heterocycles. The molecule has 4 rings (SSSR count). The summed E-state index contributed by atoms with van der Waals surface area (Å²) in [5.74, 6) is -0.0125. The summed E-state index contributed by atoms with van der Waals surface area (Å²) in [5.41, 5.74) is 2.48. The zero-order valence-corrected chi connectivity index (χ0v) is 14.6. The molecule has 0 radical (unpaired) electrons. The number of phenolic OH excluding ortho intramolecular Hbond substituents is 1. The van der Waals surface area contributed by atoms with Gasteiger partial charge in [-0.3, -0.25) is 14.7 Å². The van der Waals surface area contributed by atoms with Gasteiger partial charge >= 0.3 is 0 Å². The van der Waals surface area contributed by atoms with E-state index in [9.17, 15) is 9.90 Å². The average Bonchev–Trinajstić information content (AvgIpc) is 2.89. The average molecular weight is 364 g/mol. The van der Waals surface area contributed by atoms with Gasteiger partial charge < -0.3 is 5.11 Å². The van der Waals surface area contributed by atoms with Gasteiger partial charge in [0.1, 0.15) is 5.75 Å². The van der Waals surface area contributed by atoms with Crippen LogP contribution in [0.5, 0.6) is 5.75 Å². The SMILES string of the molecule is O=C1/C(=C\c2ccc3ncccc3c2)SC(=S)N1c1ccc(O)cc1. The summed E-state index contributed by atoms with van der Waals surface area (Å²) in [4.78, 5) is 19.1. The molecule has 25 heavy (non-hydrogen) atoms. The molecule has 0 unspecified atom stereocenters. The van der Waals surface area contributed by atoms with Crippen LogP contribution in [0, 0.1) is 0 Å². The van der Waals surface area contributed by atoms with Gasteiger partial charge in [-0.1, -0.05) is 36.1 Å². The number of benzene rings is 2. The molecule has 1 saturated heterocycles. The van der Waals surface area contributed by atoms with Crippen molar-refractivity contribution in [1.82, 2.24) is 4.98 Å². The van der Waals surface area contributed by atoms with E-state index in [0.29, 0.717) is 14.9 Å². The third-order valence-electron chi connectivity index (χ3n) is 3.83. The highest BCUT2D eigenvalue weighted by atomic mass is 32.2. The van der Waals surface area contributed by atoms with Crippen LogP contribution >= 0.6 is 24.0 Å². The Morgan fingerprint density at radius 2 is 1.92 bits per heavy atom. The van der Waals surface area contributed by atoms with Crippen molar-refractivity contribution in [3.05, 3.63) is 71.3 Å². The minimum absolute atomic E-state index is 0.148. The summed E-state index contributed by atoms with van der Waals surface area (Å²) in [6.45, 7) is 0. The van der Waals surface area contributed by atoms with E-state index in [1.807, 2.05) is 36.4 Å². The van der Waals surface area contributed by atoms with E-state index in [4.69, 9.17) is 12.2 Å². The Kier molecular flexibility index (Phi) is 3.99. The fourth-order valence-corrected chi connectivity index (χ4v) is 3.93. The lowest BCUT2D eigenvalue weighted by molar-refractivity contribution is -0.113. The number of anilines is 1. The Labute approximate surface area is 153 Å². The Hall–Kier alpha value is -2.70. The molecule has 0 spiro atoms. The van der Waals surface area contributed by atoms with Crippen LogP contribution in [-0.4, -0.2) is 20.3 Å². The lowest BCUT2D eigenvalue weighted by atomic mass is 10.1. The van der Waals surface area contributed by atoms with E-state index in [0.717, 1.165) is 16.5 Å². The summed E-state index contributed by atoms with van der Waals surface area (Å²) >= 11 is 6.63. The number of rotatable bonds is 2. The Morgan fingerprint density at radius 3 is 2.72 bits per heavy atom. The Bertz CT molecular complexity index is 1030. The number of hydrogen-bond donors (Lipinski definition) is 1. The molecule has 1 N–H and O–H groups in total. The standard InChI is InChI=1S/C19H12N2O2S2/c22-15-6-4-14(5-7-15)21-18(23)17(25-19(21)24)11-12-3-8-16-13(10-12)2-1-9-20-16/h1-11,22H/b17-11+. The monoisotopic (exact) mass is 364 g/mol. The number of aromatic nitrogens is 1. The molecule has 6 heteroatoms. The van der Waals surface area contributed by atoms with E-state index >= 15 is 0 Å². The first-order chi connectivity index (χ1) is 12.1. The van der Waals surface area contributed by atoms with Gasteiger partial charge in [-0.25, -0.2) is 0 Å². The molecule has 1 aliphatic heterocycles. The van der Waals surface area contributed by atoms with Crippen molar-refractivity contribution in [2.45, 2.75) is 0 Å². The predicted molar refractivity (Wildman–Crippen MR) is 106 cm³/mol. The first kappa shape index (κ1) is 15.8. The molecule has 0 atom stereocenters. The number of fused-ring (bicyclic) bond motifs is 1. The van der Waals surface area contributed by atoms with Crippen LogP contribution < -0.4 is 4.90 Å². The molecule has 3 aromatic rings. The molecule has 0 bridgehead atoms.